The van der Waals surface area contributed by atoms with E-state index in [0.717, 1.165) is 0 Å². The summed E-state index contributed by atoms with van der Waals surface area (Å²) in [6.45, 7) is -0.298. The smallest absolute Gasteiger partial charge is 0.258 e. The highest BCUT2D eigenvalue weighted by molar-refractivity contribution is 6.30. The first-order valence-corrected chi connectivity index (χ1v) is 5.15. The van der Waals surface area contributed by atoms with E-state index in [4.69, 9.17) is 27.0 Å². The molecule has 17 heavy (non-hydrogen) atoms. The number of aromatic nitrogens is 2. The Hall–Kier alpha value is -1.50. The van der Waals surface area contributed by atoms with E-state index in [9.17, 15) is 4.39 Å². The molecule has 0 fully saturated rings. The van der Waals surface area contributed by atoms with Crippen molar-refractivity contribution in [3.05, 3.63) is 34.9 Å². The average molecular weight is 258 g/mol. The normalized spacial score (nSPS) is 12.7. The number of rotatable bonds is 3. The van der Waals surface area contributed by atoms with Gasteiger partial charge in [-0.1, -0.05) is 16.8 Å². The van der Waals surface area contributed by atoms with E-state index in [1.54, 1.807) is 6.07 Å². The number of hydrogen-bond donors (Lipinski definition) is 2. The molecule has 0 amide bonds. The predicted octanol–water partition coefficient (Wildman–Crippen LogP) is 1.52. The largest absolute Gasteiger partial charge is 0.394 e. The Balaban J connectivity index is 2.33. The molecule has 1 atom stereocenters. The van der Waals surface area contributed by atoms with Crippen molar-refractivity contribution in [3.8, 4) is 11.5 Å². The van der Waals surface area contributed by atoms with Crippen LogP contribution in [0.1, 0.15) is 11.9 Å². The van der Waals surface area contributed by atoms with Crippen LogP contribution >= 0.6 is 11.6 Å². The minimum absolute atomic E-state index is 0.0144. The van der Waals surface area contributed by atoms with Gasteiger partial charge in [-0.15, -0.1) is 0 Å². The lowest BCUT2D eigenvalue weighted by Crippen LogP contribution is -2.15. The van der Waals surface area contributed by atoms with E-state index in [0.29, 0.717) is 5.56 Å². The van der Waals surface area contributed by atoms with E-state index >= 15 is 0 Å². The van der Waals surface area contributed by atoms with Crippen LogP contribution < -0.4 is 5.73 Å². The van der Waals surface area contributed by atoms with Crippen molar-refractivity contribution in [2.75, 3.05) is 6.61 Å². The molecule has 0 saturated heterocycles. The van der Waals surface area contributed by atoms with Gasteiger partial charge < -0.3 is 15.4 Å². The van der Waals surface area contributed by atoms with E-state index in [-0.39, 0.29) is 23.3 Å². The lowest BCUT2D eigenvalue weighted by Gasteiger charge is -1.99. The summed E-state index contributed by atoms with van der Waals surface area (Å²) >= 11 is 5.55. The number of aliphatic hydroxyl groups is 1. The Morgan fingerprint density at radius 2 is 2.29 bits per heavy atom. The highest BCUT2D eigenvalue weighted by Crippen LogP contribution is 2.23. The van der Waals surface area contributed by atoms with E-state index in [1.165, 1.54) is 12.1 Å². The molecule has 90 valence electrons. The Morgan fingerprint density at radius 3 is 2.94 bits per heavy atom. The average Bonchev–Trinajstić information content (AvgIpc) is 2.81. The second-order valence-electron chi connectivity index (χ2n) is 3.38. The van der Waals surface area contributed by atoms with Gasteiger partial charge in [-0.3, -0.25) is 0 Å². The van der Waals surface area contributed by atoms with Gasteiger partial charge in [0.1, 0.15) is 5.82 Å². The molecule has 0 bridgehead atoms. The van der Waals surface area contributed by atoms with E-state index < -0.39 is 11.9 Å². The Labute approximate surface area is 101 Å². The van der Waals surface area contributed by atoms with E-state index in [1.807, 2.05) is 0 Å². The van der Waals surface area contributed by atoms with Crippen molar-refractivity contribution in [2.45, 2.75) is 6.04 Å². The number of aliphatic hydroxyl groups excluding tert-OH is 1. The third kappa shape index (κ3) is 2.44. The Bertz CT molecular complexity index is 532. The SMILES string of the molecule is NC(CO)c1noc(-c2ccc(Cl)c(F)c2)n1. The molecule has 1 aromatic carbocycles. The molecule has 5 nitrogen and oxygen atoms in total. The van der Waals surface area contributed by atoms with Crippen LogP contribution in [0.5, 0.6) is 0 Å². The van der Waals surface area contributed by atoms with Crippen LogP contribution in [0.3, 0.4) is 0 Å². The molecule has 0 aliphatic carbocycles. The van der Waals surface area contributed by atoms with Gasteiger partial charge in [-0.25, -0.2) is 4.39 Å². The van der Waals surface area contributed by atoms with Crippen molar-refractivity contribution < 1.29 is 14.0 Å². The standard InChI is InChI=1S/C10H9ClFN3O2/c11-6-2-1-5(3-7(6)12)10-14-9(15-17-10)8(13)4-16/h1-3,8,16H,4,13H2. The van der Waals surface area contributed by atoms with E-state index in [2.05, 4.69) is 10.1 Å². The summed E-state index contributed by atoms with van der Waals surface area (Å²) in [6.07, 6.45) is 0. The molecular weight excluding hydrogens is 249 g/mol. The summed E-state index contributed by atoms with van der Waals surface area (Å²) in [4.78, 5) is 3.95. The fourth-order valence-electron chi connectivity index (χ4n) is 1.21. The number of hydrogen-bond acceptors (Lipinski definition) is 5. The molecule has 1 aromatic heterocycles. The molecule has 0 saturated carbocycles. The summed E-state index contributed by atoms with van der Waals surface area (Å²) < 4.78 is 18.1. The van der Waals surface area contributed by atoms with Gasteiger partial charge in [0.25, 0.3) is 5.89 Å². The highest BCUT2D eigenvalue weighted by Gasteiger charge is 2.15. The van der Waals surface area contributed by atoms with Crippen LogP contribution in [0.4, 0.5) is 4.39 Å². The number of nitrogens with zero attached hydrogens (tertiary/aromatic N) is 2. The maximum absolute atomic E-state index is 13.2. The summed E-state index contributed by atoms with van der Waals surface area (Å²) in [5.74, 6) is -0.285. The summed E-state index contributed by atoms with van der Waals surface area (Å²) in [5, 5.41) is 12.4. The van der Waals surface area contributed by atoms with Gasteiger partial charge in [0.05, 0.1) is 17.7 Å². The van der Waals surface area contributed by atoms with Gasteiger partial charge in [0.15, 0.2) is 5.82 Å². The number of halogens is 2. The van der Waals surface area contributed by atoms with Crippen molar-refractivity contribution in [3.63, 3.8) is 0 Å². The second kappa shape index (κ2) is 4.79. The molecule has 0 aliphatic rings. The number of nitrogens with two attached hydrogens (primary N) is 1. The molecule has 0 aliphatic heterocycles. The molecule has 2 aromatic rings. The zero-order valence-corrected chi connectivity index (χ0v) is 9.36. The Morgan fingerprint density at radius 1 is 1.53 bits per heavy atom. The zero-order valence-electron chi connectivity index (χ0n) is 8.60. The van der Waals surface area contributed by atoms with Gasteiger partial charge in [0, 0.05) is 5.56 Å². The third-order valence-electron chi connectivity index (χ3n) is 2.14. The highest BCUT2D eigenvalue weighted by atomic mass is 35.5. The molecular formula is C10H9ClFN3O2. The number of benzene rings is 1. The van der Waals surface area contributed by atoms with Crippen LogP contribution in [0, 0.1) is 5.82 Å². The van der Waals surface area contributed by atoms with Gasteiger partial charge >= 0.3 is 0 Å². The summed E-state index contributed by atoms with van der Waals surface area (Å²) in [5.41, 5.74) is 5.91. The second-order valence-corrected chi connectivity index (χ2v) is 3.78. The topological polar surface area (TPSA) is 85.2 Å². The van der Waals surface area contributed by atoms with Crippen LogP contribution in [0.2, 0.25) is 5.02 Å². The molecule has 1 heterocycles. The maximum atomic E-state index is 13.2. The molecule has 0 radical (unpaired) electrons. The molecule has 7 heteroatoms. The quantitative estimate of drug-likeness (QED) is 0.871. The first-order chi connectivity index (χ1) is 8.11. The van der Waals surface area contributed by atoms with Gasteiger partial charge in [-0.2, -0.15) is 4.98 Å². The Kier molecular flexibility index (Phi) is 3.37. The monoisotopic (exact) mass is 257 g/mol. The van der Waals surface area contributed by atoms with Crippen LogP contribution in [-0.2, 0) is 0 Å². The van der Waals surface area contributed by atoms with Crippen molar-refractivity contribution in [1.82, 2.24) is 10.1 Å². The van der Waals surface area contributed by atoms with Crippen molar-refractivity contribution >= 4 is 11.6 Å². The third-order valence-corrected chi connectivity index (χ3v) is 2.44. The zero-order chi connectivity index (χ0) is 12.4. The lowest BCUT2D eigenvalue weighted by atomic mass is 10.2. The van der Waals surface area contributed by atoms with Gasteiger partial charge in [0.2, 0.25) is 0 Å². The molecule has 3 N–H and O–H groups in total. The first kappa shape index (κ1) is 12.0. The summed E-state index contributed by atoms with van der Waals surface area (Å²) in [6, 6.07) is 3.41. The fraction of sp³-hybridized carbons (Fsp3) is 0.200. The molecule has 1 unspecified atom stereocenters. The maximum Gasteiger partial charge on any atom is 0.258 e. The van der Waals surface area contributed by atoms with Crippen molar-refractivity contribution in [2.24, 2.45) is 5.73 Å². The molecule has 0 spiro atoms. The van der Waals surface area contributed by atoms with Crippen LogP contribution in [0.15, 0.2) is 22.7 Å². The minimum Gasteiger partial charge on any atom is -0.394 e. The predicted molar refractivity (Wildman–Crippen MR) is 58.7 cm³/mol. The van der Waals surface area contributed by atoms with Crippen LogP contribution in [-0.4, -0.2) is 21.9 Å². The lowest BCUT2D eigenvalue weighted by molar-refractivity contribution is 0.260. The first-order valence-electron chi connectivity index (χ1n) is 4.77. The molecule has 2 rings (SSSR count). The van der Waals surface area contributed by atoms with Crippen LogP contribution in [0.25, 0.3) is 11.5 Å². The fourth-order valence-corrected chi connectivity index (χ4v) is 1.33. The minimum atomic E-state index is -0.718. The van der Waals surface area contributed by atoms with Gasteiger partial charge in [-0.05, 0) is 18.2 Å². The van der Waals surface area contributed by atoms with Crippen molar-refractivity contribution in [1.29, 1.82) is 0 Å². The summed E-state index contributed by atoms with van der Waals surface area (Å²) in [7, 11) is 0.